The van der Waals surface area contributed by atoms with Gasteiger partial charge in [-0.1, -0.05) is 66.7 Å². The van der Waals surface area contributed by atoms with E-state index in [0.717, 1.165) is 13.0 Å². The van der Waals surface area contributed by atoms with Gasteiger partial charge in [0.15, 0.2) is 0 Å². The fourth-order valence-corrected chi connectivity index (χ4v) is 2.45. The predicted octanol–water partition coefficient (Wildman–Crippen LogP) is 4.96. The summed E-state index contributed by atoms with van der Waals surface area (Å²) < 4.78 is 0. The number of hydrogen-bond acceptors (Lipinski definition) is 1. The fourth-order valence-electron chi connectivity index (χ4n) is 2.45. The second-order valence-corrected chi connectivity index (χ2v) is 5.71. The topological polar surface area (TPSA) is 3.24 Å². The number of nitrogens with zero attached hydrogens (tertiary/aromatic N) is 1. The summed E-state index contributed by atoms with van der Waals surface area (Å²) in [5, 5.41) is 0. The number of allylic oxidation sites excluding steroid dienone is 1. The molecule has 2 aromatic carbocycles. The van der Waals surface area contributed by atoms with Gasteiger partial charge in [-0.15, -0.1) is 0 Å². The van der Waals surface area contributed by atoms with Crippen molar-refractivity contribution in [2.75, 3.05) is 20.6 Å². The zero-order valence-electron chi connectivity index (χ0n) is 13.1. The van der Waals surface area contributed by atoms with Crippen LogP contribution in [0, 0.1) is 0 Å². The molecule has 0 saturated carbocycles. The van der Waals surface area contributed by atoms with Gasteiger partial charge in [-0.05, 0) is 56.6 Å². The molecule has 0 bridgehead atoms. The van der Waals surface area contributed by atoms with Crippen LogP contribution >= 0.6 is 0 Å². The molecule has 0 aliphatic rings. The first-order chi connectivity index (χ1) is 10.3. The highest BCUT2D eigenvalue weighted by Gasteiger charge is 2.02. The van der Waals surface area contributed by atoms with Crippen molar-refractivity contribution >= 4 is 11.6 Å². The highest BCUT2D eigenvalue weighted by Crippen LogP contribution is 2.23. The first-order valence-electron chi connectivity index (χ1n) is 7.71. The minimum Gasteiger partial charge on any atom is -0.309 e. The molecule has 2 aromatic rings. The number of rotatable bonds is 7. The SMILES string of the molecule is CN(C)CCCC/C(=C\c1ccccc1)c1ccccc1. The summed E-state index contributed by atoms with van der Waals surface area (Å²) in [7, 11) is 4.27. The molecular formula is C20H25N. The molecule has 0 heterocycles. The molecule has 0 aromatic heterocycles. The van der Waals surface area contributed by atoms with Crippen molar-refractivity contribution in [2.45, 2.75) is 19.3 Å². The standard InChI is InChI=1S/C20H25N/c1-21(2)16-10-9-15-20(19-13-7-4-8-14-19)17-18-11-5-3-6-12-18/h3-8,11-14,17H,9-10,15-16H2,1-2H3/b20-17+. The Morgan fingerprint density at radius 3 is 2.10 bits per heavy atom. The zero-order valence-corrected chi connectivity index (χ0v) is 13.1. The van der Waals surface area contributed by atoms with E-state index >= 15 is 0 Å². The van der Waals surface area contributed by atoms with Gasteiger partial charge in [-0.2, -0.15) is 0 Å². The lowest BCUT2D eigenvalue weighted by Crippen LogP contribution is -2.12. The number of benzene rings is 2. The van der Waals surface area contributed by atoms with Gasteiger partial charge < -0.3 is 4.90 Å². The summed E-state index contributed by atoms with van der Waals surface area (Å²) in [5.41, 5.74) is 4.05. The van der Waals surface area contributed by atoms with Crippen LogP contribution in [-0.4, -0.2) is 25.5 Å². The molecule has 0 fully saturated rings. The average Bonchev–Trinajstić information content (AvgIpc) is 2.52. The van der Waals surface area contributed by atoms with Gasteiger partial charge >= 0.3 is 0 Å². The third kappa shape index (κ3) is 5.57. The lowest BCUT2D eigenvalue weighted by Gasteiger charge is -2.11. The average molecular weight is 279 g/mol. The minimum atomic E-state index is 1.13. The molecule has 0 amide bonds. The molecule has 21 heavy (non-hydrogen) atoms. The summed E-state index contributed by atoms with van der Waals surface area (Å²) in [6, 6.07) is 21.3. The first-order valence-corrected chi connectivity index (χ1v) is 7.71. The minimum absolute atomic E-state index is 1.13. The molecular weight excluding hydrogens is 254 g/mol. The van der Waals surface area contributed by atoms with Gasteiger partial charge in [0.1, 0.15) is 0 Å². The summed E-state index contributed by atoms with van der Waals surface area (Å²) >= 11 is 0. The molecule has 0 atom stereocenters. The van der Waals surface area contributed by atoms with E-state index in [1.54, 1.807) is 0 Å². The van der Waals surface area contributed by atoms with Gasteiger partial charge in [0.25, 0.3) is 0 Å². The van der Waals surface area contributed by atoms with Crippen LogP contribution in [0.25, 0.3) is 11.6 Å². The van der Waals surface area contributed by atoms with Gasteiger partial charge in [0, 0.05) is 0 Å². The van der Waals surface area contributed by atoms with Crippen molar-refractivity contribution in [1.82, 2.24) is 4.90 Å². The molecule has 0 aliphatic carbocycles. The Morgan fingerprint density at radius 2 is 1.48 bits per heavy atom. The van der Waals surface area contributed by atoms with E-state index in [1.807, 2.05) is 0 Å². The Labute approximate surface area is 128 Å². The zero-order chi connectivity index (χ0) is 14.9. The Balaban J connectivity index is 2.10. The third-order valence-corrected chi connectivity index (χ3v) is 3.59. The van der Waals surface area contributed by atoms with Crippen molar-refractivity contribution in [1.29, 1.82) is 0 Å². The van der Waals surface area contributed by atoms with Gasteiger partial charge in [0.2, 0.25) is 0 Å². The maximum absolute atomic E-state index is 2.32. The van der Waals surface area contributed by atoms with E-state index in [4.69, 9.17) is 0 Å². The van der Waals surface area contributed by atoms with Gasteiger partial charge in [-0.25, -0.2) is 0 Å². The van der Waals surface area contributed by atoms with Crippen LogP contribution in [0.2, 0.25) is 0 Å². The molecule has 0 N–H and O–H groups in total. The molecule has 0 radical (unpaired) electrons. The number of unbranched alkanes of at least 4 members (excludes halogenated alkanes) is 1. The van der Waals surface area contributed by atoms with Crippen LogP contribution in [-0.2, 0) is 0 Å². The lowest BCUT2D eigenvalue weighted by atomic mass is 9.97. The second-order valence-electron chi connectivity index (χ2n) is 5.71. The van der Waals surface area contributed by atoms with E-state index in [1.165, 1.54) is 29.5 Å². The van der Waals surface area contributed by atoms with Gasteiger partial charge in [0.05, 0.1) is 0 Å². The molecule has 1 nitrogen and oxygen atoms in total. The third-order valence-electron chi connectivity index (χ3n) is 3.59. The van der Waals surface area contributed by atoms with E-state index in [2.05, 4.69) is 85.7 Å². The largest absolute Gasteiger partial charge is 0.309 e. The quantitative estimate of drug-likeness (QED) is 0.511. The Morgan fingerprint density at radius 1 is 0.857 bits per heavy atom. The normalized spacial score (nSPS) is 11.9. The van der Waals surface area contributed by atoms with E-state index in [9.17, 15) is 0 Å². The Hall–Kier alpha value is -1.86. The lowest BCUT2D eigenvalue weighted by molar-refractivity contribution is 0.395. The molecule has 0 spiro atoms. The highest BCUT2D eigenvalue weighted by molar-refractivity contribution is 5.81. The van der Waals surface area contributed by atoms with E-state index in [0.29, 0.717) is 0 Å². The van der Waals surface area contributed by atoms with Gasteiger partial charge in [-0.3, -0.25) is 0 Å². The van der Waals surface area contributed by atoms with Crippen molar-refractivity contribution in [3.63, 3.8) is 0 Å². The first kappa shape index (κ1) is 15.5. The summed E-state index contributed by atoms with van der Waals surface area (Å²) in [6.45, 7) is 1.16. The summed E-state index contributed by atoms with van der Waals surface area (Å²) in [5.74, 6) is 0. The summed E-state index contributed by atoms with van der Waals surface area (Å²) in [6.07, 6.45) is 5.93. The van der Waals surface area contributed by atoms with Crippen molar-refractivity contribution in [3.05, 3.63) is 71.8 Å². The van der Waals surface area contributed by atoms with Crippen LogP contribution in [0.5, 0.6) is 0 Å². The molecule has 0 saturated heterocycles. The van der Waals surface area contributed by atoms with Crippen LogP contribution in [0.1, 0.15) is 30.4 Å². The molecule has 110 valence electrons. The smallest absolute Gasteiger partial charge is 0.00247 e. The monoisotopic (exact) mass is 279 g/mol. The van der Waals surface area contributed by atoms with Crippen molar-refractivity contribution < 1.29 is 0 Å². The van der Waals surface area contributed by atoms with Crippen LogP contribution in [0.3, 0.4) is 0 Å². The molecule has 0 aliphatic heterocycles. The van der Waals surface area contributed by atoms with Crippen molar-refractivity contribution in [3.8, 4) is 0 Å². The Bertz CT molecular complexity index is 541. The fraction of sp³-hybridized carbons (Fsp3) is 0.300. The number of hydrogen-bond donors (Lipinski definition) is 0. The summed E-state index contributed by atoms with van der Waals surface area (Å²) in [4.78, 5) is 2.25. The van der Waals surface area contributed by atoms with Crippen molar-refractivity contribution in [2.24, 2.45) is 0 Å². The highest BCUT2D eigenvalue weighted by atomic mass is 15.0. The van der Waals surface area contributed by atoms with Crippen LogP contribution in [0.4, 0.5) is 0 Å². The Kier molecular flexibility index (Phi) is 6.23. The van der Waals surface area contributed by atoms with Crippen LogP contribution in [0.15, 0.2) is 60.7 Å². The second kappa shape index (κ2) is 8.43. The van der Waals surface area contributed by atoms with Crippen LogP contribution < -0.4 is 0 Å². The predicted molar refractivity (Wildman–Crippen MR) is 93.2 cm³/mol. The van der Waals surface area contributed by atoms with E-state index < -0.39 is 0 Å². The molecule has 0 unspecified atom stereocenters. The molecule has 1 heteroatoms. The maximum atomic E-state index is 2.32. The molecule has 2 rings (SSSR count). The van der Waals surface area contributed by atoms with E-state index in [-0.39, 0.29) is 0 Å². The maximum Gasteiger partial charge on any atom is -0.00247 e.